The second kappa shape index (κ2) is 9.17. The molecule has 2 aliphatic heterocycles. The second-order valence-electron chi connectivity index (χ2n) is 7.00. The van der Waals surface area contributed by atoms with Gasteiger partial charge in [-0.2, -0.15) is 0 Å². The van der Waals surface area contributed by atoms with Gasteiger partial charge in [-0.3, -0.25) is 0 Å². The fraction of sp³-hybridized carbons (Fsp3) is 0.318. The lowest BCUT2D eigenvalue weighted by atomic mass is 10.1. The zero-order valence-corrected chi connectivity index (χ0v) is 16.6. The summed E-state index contributed by atoms with van der Waals surface area (Å²) in [5.74, 6) is 1.89. The van der Waals surface area contributed by atoms with E-state index in [1.54, 1.807) is 0 Å². The number of benzene rings is 2. The first-order valence-electron chi connectivity index (χ1n) is 9.68. The van der Waals surface area contributed by atoms with E-state index in [1.807, 2.05) is 59.1 Å². The number of nitrogens with one attached hydrogen (secondary N) is 2. The van der Waals surface area contributed by atoms with Crippen molar-refractivity contribution in [1.82, 2.24) is 10.2 Å². The fourth-order valence-corrected chi connectivity index (χ4v) is 4.20. The molecule has 2 heterocycles. The highest BCUT2D eigenvalue weighted by Crippen LogP contribution is 2.24. The summed E-state index contributed by atoms with van der Waals surface area (Å²) in [4.78, 5) is 15.6. The molecule has 28 heavy (non-hydrogen) atoms. The first kappa shape index (κ1) is 18.9. The Hall–Kier alpha value is -2.44. The highest BCUT2D eigenvalue weighted by molar-refractivity contribution is 8.03. The molecule has 0 aliphatic carbocycles. The molecule has 2 aliphatic rings. The SMILES string of the molecule is O=C(Nc1ccccc1)N1CCC(Oc2ccc(C=C3CNCS3)cc2)CC1. The van der Waals surface area contributed by atoms with Crippen molar-refractivity contribution in [3.05, 3.63) is 65.1 Å². The predicted molar refractivity (Wildman–Crippen MR) is 116 cm³/mol. The molecule has 2 saturated heterocycles. The first-order valence-corrected chi connectivity index (χ1v) is 10.7. The molecule has 6 heteroatoms. The van der Waals surface area contributed by atoms with Crippen LogP contribution < -0.4 is 15.4 Å². The lowest BCUT2D eigenvalue weighted by Crippen LogP contribution is -2.43. The van der Waals surface area contributed by atoms with E-state index in [0.717, 1.165) is 36.7 Å². The number of nitrogens with zero attached hydrogens (tertiary/aromatic N) is 1. The number of amides is 2. The minimum absolute atomic E-state index is 0.0405. The van der Waals surface area contributed by atoms with E-state index in [-0.39, 0.29) is 12.1 Å². The van der Waals surface area contributed by atoms with Crippen LogP contribution in [0.1, 0.15) is 18.4 Å². The van der Waals surface area contributed by atoms with Gasteiger partial charge in [-0.25, -0.2) is 4.79 Å². The standard InChI is InChI=1S/C22H25N3O2S/c26-22(24-18-4-2-1-3-5-18)25-12-10-20(11-13-25)27-19-8-6-17(7-9-19)14-21-15-23-16-28-21/h1-9,14,20,23H,10-13,15-16H2,(H,24,26). The summed E-state index contributed by atoms with van der Waals surface area (Å²) in [6.45, 7) is 2.37. The monoisotopic (exact) mass is 395 g/mol. The zero-order chi connectivity index (χ0) is 19.2. The zero-order valence-electron chi connectivity index (χ0n) is 15.8. The van der Waals surface area contributed by atoms with Gasteiger partial charge in [-0.15, -0.1) is 11.8 Å². The van der Waals surface area contributed by atoms with Crippen LogP contribution in [0.5, 0.6) is 5.75 Å². The third kappa shape index (κ3) is 5.09. The summed E-state index contributed by atoms with van der Waals surface area (Å²) in [5.41, 5.74) is 2.03. The summed E-state index contributed by atoms with van der Waals surface area (Å²) < 4.78 is 6.13. The highest BCUT2D eigenvalue weighted by atomic mass is 32.2. The number of hydrogen-bond acceptors (Lipinski definition) is 4. The Morgan fingerprint density at radius 2 is 1.86 bits per heavy atom. The van der Waals surface area contributed by atoms with E-state index in [9.17, 15) is 4.79 Å². The Labute approximate surface area is 170 Å². The molecule has 4 rings (SSSR count). The molecule has 2 aromatic carbocycles. The number of thioether (sulfide) groups is 1. The van der Waals surface area contributed by atoms with Crippen molar-refractivity contribution in [2.45, 2.75) is 18.9 Å². The topological polar surface area (TPSA) is 53.6 Å². The molecule has 146 valence electrons. The third-order valence-corrected chi connectivity index (χ3v) is 5.91. The smallest absolute Gasteiger partial charge is 0.321 e. The maximum Gasteiger partial charge on any atom is 0.321 e. The fourth-order valence-electron chi connectivity index (χ4n) is 3.38. The summed E-state index contributed by atoms with van der Waals surface area (Å²) in [6.07, 6.45) is 4.06. The number of anilines is 1. The van der Waals surface area contributed by atoms with Gasteiger partial charge in [-0.05, 0) is 35.9 Å². The Kier molecular flexibility index (Phi) is 6.19. The minimum Gasteiger partial charge on any atom is -0.490 e. The Bertz CT molecular complexity index is 807. The third-order valence-electron chi connectivity index (χ3n) is 4.92. The highest BCUT2D eigenvalue weighted by Gasteiger charge is 2.24. The van der Waals surface area contributed by atoms with Gasteiger partial charge in [0.25, 0.3) is 0 Å². The molecule has 0 spiro atoms. The average Bonchev–Trinajstić information content (AvgIpc) is 3.24. The van der Waals surface area contributed by atoms with Crippen LogP contribution in [0.3, 0.4) is 0 Å². The maximum absolute atomic E-state index is 12.4. The molecule has 0 atom stereocenters. The summed E-state index contributed by atoms with van der Waals surface area (Å²) in [6, 6.07) is 17.8. The largest absolute Gasteiger partial charge is 0.490 e. The van der Waals surface area contributed by atoms with Crippen LogP contribution in [0.4, 0.5) is 10.5 Å². The van der Waals surface area contributed by atoms with Gasteiger partial charge < -0.3 is 20.3 Å². The number of hydrogen-bond donors (Lipinski definition) is 2. The van der Waals surface area contributed by atoms with Gasteiger partial charge in [0.1, 0.15) is 11.9 Å². The van der Waals surface area contributed by atoms with Crippen LogP contribution in [0.25, 0.3) is 6.08 Å². The minimum atomic E-state index is -0.0405. The van der Waals surface area contributed by atoms with Crippen LogP contribution in [-0.4, -0.2) is 42.5 Å². The van der Waals surface area contributed by atoms with Crippen LogP contribution in [0.2, 0.25) is 0 Å². The number of piperidine rings is 1. The molecule has 2 aromatic rings. The van der Waals surface area contributed by atoms with E-state index in [2.05, 4.69) is 28.8 Å². The second-order valence-corrected chi connectivity index (χ2v) is 8.10. The number of urea groups is 1. The van der Waals surface area contributed by atoms with E-state index >= 15 is 0 Å². The molecule has 5 nitrogen and oxygen atoms in total. The molecule has 2 amide bonds. The van der Waals surface area contributed by atoms with E-state index in [0.29, 0.717) is 13.1 Å². The molecule has 2 fully saturated rings. The molecule has 2 N–H and O–H groups in total. The number of para-hydroxylation sites is 1. The number of rotatable bonds is 4. The molecule has 0 unspecified atom stereocenters. The first-order chi connectivity index (χ1) is 13.8. The van der Waals surface area contributed by atoms with Gasteiger partial charge in [0.05, 0.1) is 0 Å². The van der Waals surface area contributed by atoms with E-state index in [4.69, 9.17) is 4.74 Å². The Morgan fingerprint density at radius 1 is 1.11 bits per heavy atom. The van der Waals surface area contributed by atoms with Crippen molar-refractivity contribution in [2.75, 3.05) is 30.8 Å². The average molecular weight is 396 g/mol. The summed E-state index contributed by atoms with van der Waals surface area (Å²) in [5, 5.41) is 6.27. The predicted octanol–water partition coefficient (Wildman–Crippen LogP) is 4.40. The van der Waals surface area contributed by atoms with E-state index < -0.39 is 0 Å². The van der Waals surface area contributed by atoms with E-state index in [1.165, 1.54) is 10.5 Å². The van der Waals surface area contributed by atoms with Gasteiger partial charge in [-0.1, -0.05) is 30.3 Å². The van der Waals surface area contributed by atoms with Gasteiger partial charge in [0.2, 0.25) is 0 Å². The van der Waals surface area contributed by atoms with Crippen molar-refractivity contribution in [1.29, 1.82) is 0 Å². The molecular formula is C22H25N3O2S. The number of likely N-dealkylation sites (tertiary alicyclic amines) is 1. The Balaban J connectivity index is 1.25. The van der Waals surface area contributed by atoms with Gasteiger partial charge in [0.15, 0.2) is 0 Å². The maximum atomic E-state index is 12.4. The van der Waals surface area contributed by atoms with Crippen molar-refractivity contribution < 1.29 is 9.53 Å². The van der Waals surface area contributed by atoms with Crippen LogP contribution in [0.15, 0.2) is 59.5 Å². The molecule has 0 aromatic heterocycles. The number of ether oxygens (including phenoxy) is 1. The van der Waals surface area contributed by atoms with Crippen molar-refractivity contribution in [3.8, 4) is 5.75 Å². The molecule has 0 saturated carbocycles. The normalized spacial score (nSPS) is 19.0. The number of carbonyl (C=O) groups is 1. The van der Waals surface area contributed by atoms with Gasteiger partial charge in [0, 0.05) is 48.9 Å². The summed E-state index contributed by atoms with van der Waals surface area (Å²) in [7, 11) is 0. The summed E-state index contributed by atoms with van der Waals surface area (Å²) >= 11 is 1.85. The van der Waals surface area contributed by atoms with Crippen molar-refractivity contribution >= 4 is 29.6 Å². The number of carbonyl (C=O) groups excluding carboxylic acids is 1. The molecule has 0 radical (unpaired) electrons. The van der Waals surface area contributed by atoms with Crippen molar-refractivity contribution in [3.63, 3.8) is 0 Å². The lowest BCUT2D eigenvalue weighted by molar-refractivity contribution is 0.115. The van der Waals surface area contributed by atoms with Crippen LogP contribution in [-0.2, 0) is 0 Å². The Morgan fingerprint density at radius 3 is 2.54 bits per heavy atom. The quantitative estimate of drug-likeness (QED) is 0.806. The lowest BCUT2D eigenvalue weighted by Gasteiger charge is -2.32. The molecular weight excluding hydrogens is 370 g/mol. The van der Waals surface area contributed by atoms with Crippen LogP contribution in [0, 0.1) is 0 Å². The van der Waals surface area contributed by atoms with Crippen LogP contribution >= 0.6 is 11.8 Å². The molecule has 0 bridgehead atoms. The van der Waals surface area contributed by atoms with Gasteiger partial charge >= 0.3 is 6.03 Å². The van der Waals surface area contributed by atoms with Crippen molar-refractivity contribution in [2.24, 2.45) is 0 Å².